The summed E-state index contributed by atoms with van der Waals surface area (Å²) in [5.74, 6) is 0.651. The van der Waals surface area contributed by atoms with Gasteiger partial charge in [-0.25, -0.2) is 4.68 Å². The number of rotatable bonds is 3. The molecule has 2 heterocycles. The third-order valence-electron chi connectivity index (χ3n) is 3.24. The van der Waals surface area contributed by atoms with Crippen LogP contribution in [-0.4, -0.2) is 30.9 Å². The number of hydrogen-bond acceptors (Lipinski definition) is 4. The third-order valence-corrected chi connectivity index (χ3v) is 4.19. The molecule has 0 bridgehead atoms. The van der Waals surface area contributed by atoms with Crippen molar-refractivity contribution in [1.29, 1.82) is 0 Å². The van der Waals surface area contributed by atoms with E-state index in [-0.39, 0.29) is 0 Å². The molecule has 0 spiro atoms. The molecule has 3 rings (SSSR count). The van der Waals surface area contributed by atoms with Crippen LogP contribution >= 0.6 is 35.4 Å². The molecule has 1 aromatic carbocycles. The van der Waals surface area contributed by atoms with Gasteiger partial charge in [-0.2, -0.15) is 20.0 Å². The van der Waals surface area contributed by atoms with Gasteiger partial charge in [0, 0.05) is 0 Å². The maximum atomic E-state index is 6.45. The quantitative estimate of drug-likeness (QED) is 0.564. The summed E-state index contributed by atoms with van der Waals surface area (Å²) in [5, 5.41) is 16.4. The van der Waals surface area contributed by atoms with Crippen LogP contribution in [0.15, 0.2) is 29.4 Å². The zero-order valence-electron chi connectivity index (χ0n) is 12.3. The Labute approximate surface area is 147 Å². The lowest BCUT2D eigenvalue weighted by atomic mass is 10.3. The molecule has 23 heavy (non-hydrogen) atoms. The van der Waals surface area contributed by atoms with Gasteiger partial charge in [0.15, 0.2) is 0 Å². The lowest BCUT2D eigenvalue weighted by Crippen LogP contribution is -1.98. The topological polar surface area (TPSA) is 63.8 Å². The van der Waals surface area contributed by atoms with Crippen LogP contribution in [0.5, 0.6) is 0 Å². The number of aromatic amines is 1. The predicted molar refractivity (Wildman–Crippen MR) is 93.5 cm³/mol. The Bertz CT molecular complexity index is 953. The number of benzene rings is 1. The number of aryl methyl sites for hydroxylation is 2. The number of hydrogen-bond donors (Lipinski definition) is 1. The normalized spacial score (nSPS) is 11.5. The Morgan fingerprint density at radius 3 is 2.65 bits per heavy atom. The van der Waals surface area contributed by atoms with E-state index in [0.717, 1.165) is 5.69 Å². The Morgan fingerprint density at radius 1 is 1.26 bits per heavy atom. The lowest BCUT2D eigenvalue weighted by molar-refractivity contribution is 0.820. The molecule has 0 atom stereocenters. The molecule has 0 amide bonds. The van der Waals surface area contributed by atoms with Crippen molar-refractivity contribution in [3.8, 4) is 5.69 Å². The zero-order chi connectivity index (χ0) is 16.6. The minimum Gasteiger partial charge on any atom is -0.250 e. The fourth-order valence-corrected chi connectivity index (χ4v) is 2.82. The first-order valence-corrected chi connectivity index (χ1v) is 7.84. The summed E-state index contributed by atoms with van der Waals surface area (Å²) in [6.07, 6.45) is 1.61. The fourth-order valence-electron chi connectivity index (χ4n) is 2.06. The molecule has 0 aliphatic rings. The molecule has 0 fully saturated rings. The largest absolute Gasteiger partial charge is 0.250 e. The first-order chi connectivity index (χ1) is 11.0. The van der Waals surface area contributed by atoms with Crippen LogP contribution in [0, 0.1) is 18.6 Å². The average Bonchev–Trinajstić information content (AvgIpc) is 2.98. The van der Waals surface area contributed by atoms with Crippen LogP contribution in [-0.2, 0) is 0 Å². The van der Waals surface area contributed by atoms with Crippen LogP contribution < -0.4 is 0 Å². The van der Waals surface area contributed by atoms with Crippen molar-refractivity contribution >= 4 is 41.6 Å². The number of halogens is 2. The maximum absolute atomic E-state index is 6.45. The second kappa shape index (κ2) is 6.27. The van der Waals surface area contributed by atoms with E-state index in [1.807, 2.05) is 25.1 Å². The summed E-state index contributed by atoms with van der Waals surface area (Å²) < 4.78 is 3.51. The van der Waals surface area contributed by atoms with Crippen LogP contribution in [0.25, 0.3) is 5.69 Å². The number of H-pyrrole nitrogens is 1. The van der Waals surface area contributed by atoms with E-state index in [9.17, 15) is 0 Å². The van der Waals surface area contributed by atoms with Crippen molar-refractivity contribution in [2.24, 2.45) is 5.10 Å². The van der Waals surface area contributed by atoms with Crippen LogP contribution in [0.1, 0.15) is 17.1 Å². The minimum atomic E-state index is 0.408. The third kappa shape index (κ3) is 2.95. The maximum Gasteiger partial charge on any atom is 0.216 e. The molecule has 2 aromatic heterocycles. The molecule has 0 radical (unpaired) electrons. The molecular formula is C14H12Cl2N6S. The molecule has 3 aromatic rings. The molecular weight excluding hydrogens is 355 g/mol. The summed E-state index contributed by atoms with van der Waals surface area (Å²) in [6.45, 7) is 3.65. The molecule has 6 nitrogen and oxygen atoms in total. The molecule has 1 N–H and O–H groups in total. The van der Waals surface area contributed by atoms with Crippen molar-refractivity contribution in [3.63, 3.8) is 0 Å². The summed E-state index contributed by atoms with van der Waals surface area (Å²) >= 11 is 17.8. The van der Waals surface area contributed by atoms with E-state index >= 15 is 0 Å². The monoisotopic (exact) mass is 366 g/mol. The predicted octanol–water partition coefficient (Wildman–Crippen LogP) is 3.93. The average molecular weight is 367 g/mol. The summed E-state index contributed by atoms with van der Waals surface area (Å²) in [5.41, 5.74) is 2.12. The Morgan fingerprint density at radius 2 is 2.00 bits per heavy atom. The van der Waals surface area contributed by atoms with Gasteiger partial charge in [0.1, 0.15) is 11.0 Å². The molecule has 0 saturated heterocycles. The number of aromatic nitrogens is 5. The lowest BCUT2D eigenvalue weighted by Gasteiger charge is -2.04. The zero-order valence-corrected chi connectivity index (χ0v) is 14.6. The van der Waals surface area contributed by atoms with E-state index in [1.54, 1.807) is 23.9 Å². The molecule has 118 valence electrons. The molecule has 0 unspecified atom stereocenters. The highest BCUT2D eigenvalue weighted by Gasteiger charge is 2.15. The highest BCUT2D eigenvalue weighted by atomic mass is 35.5. The van der Waals surface area contributed by atoms with Gasteiger partial charge in [-0.05, 0) is 38.2 Å². The standard InChI is InChI=1S/C14H12Cl2N6S/c1-8-10(7-17-21-9(2)18-19-14(21)23)13(16)22(20-8)12-6-4-3-5-11(12)15/h3-7H,1-2H3,(H,19,23)/b17-7+. The van der Waals surface area contributed by atoms with Gasteiger partial charge in [-0.3, -0.25) is 5.10 Å². The fraction of sp³-hybridized carbons (Fsp3) is 0.143. The van der Waals surface area contributed by atoms with Crippen molar-refractivity contribution in [2.75, 3.05) is 0 Å². The molecule has 9 heteroatoms. The van der Waals surface area contributed by atoms with Gasteiger partial charge in [0.05, 0.1) is 28.2 Å². The van der Waals surface area contributed by atoms with Gasteiger partial charge < -0.3 is 0 Å². The van der Waals surface area contributed by atoms with Gasteiger partial charge in [0.2, 0.25) is 4.77 Å². The van der Waals surface area contributed by atoms with Crippen molar-refractivity contribution < 1.29 is 0 Å². The Hall–Kier alpha value is -1.96. The smallest absolute Gasteiger partial charge is 0.216 e. The van der Waals surface area contributed by atoms with Gasteiger partial charge in [-0.1, -0.05) is 35.3 Å². The first-order valence-electron chi connectivity index (χ1n) is 6.67. The highest BCUT2D eigenvalue weighted by Crippen LogP contribution is 2.26. The highest BCUT2D eigenvalue weighted by molar-refractivity contribution is 7.71. The molecule has 0 aliphatic heterocycles. The SMILES string of the molecule is Cc1nn(-c2ccccc2Cl)c(Cl)c1/C=N/n1c(C)n[nH]c1=S. The second-order valence-electron chi connectivity index (χ2n) is 4.79. The van der Waals surface area contributed by atoms with Gasteiger partial charge >= 0.3 is 0 Å². The molecule has 0 saturated carbocycles. The van der Waals surface area contributed by atoms with Crippen LogP contribution in [0.2, 0.25) is 10.2 Å². The number of nitrogens with zero attached hydrogens (tertiary/aromatic N) is 5. The summed E-state index contributed by atoms with van der Waals surface area (Å²) in [4.78, 5) is 0. The summed E-state index contributed by atoms with van der Waals surface area (Å²) in [6, 6.07) is 7.35. The van der Waals surface area contributed by atoms with E-state index in [4.69, 9.17) is 35.4 Å². The van der Waals surface area contributed by atoms with Crippen molar-refractivity contribution in [3.05, 3.63) is 56.3 Å². The molecule has 0 aliphatic carbocycles. The Balaban J connectivity index is 2.06. The van der Waals surface area contributed by atoms with Crippen molar-refractivity contribution in [2.45, 2.75) is 13.8 Å². The second-order valence-corrected chi connectivity index (χ2v) is 5.94. The number of para-hydroxylation sites is 1. The van der Waals surface area contributed by atoms with Crippen LogP contribution in [0.3, 0.4) is 0 Å². The van der Waals surface area contributed by atoms with E-state index in [2.05, 4.69) is 20.4 Å². The van der Waals surface area contributed by atoms with Gasteiger partial charge in [-0.15, -0.1) is 0 Å². The number of nitrogens with one attached hydrogen (secondary N) is 1. The minimum absolute atomic E-state index is 0.408. The van der Waals surface area contributed by atoms with Crippen LogP contribution in [0.4, 0.5) is 0 Å². The Kier molecular flexibility index (Phi) is 4.34. The first kappa shape index (κ1) is 15.9. The van der Waals surface area contributed by atoms with E-state index in [1.165, 1.54) is 4.68 Å². The van der Waals surface area contributed by atoms with Gasteiger partial charge in [0.25, 0.3) is 0 Å². The summed E-state index contributed by atoms with van der Waals surface area (Å²) in [7, 11) is 0. The van der Waals surface area contributed by atoms with E-state index in [0.29, 0.717) is 32.0 Å². The van der Waals surface area contributed by atoms with E-state index < -0.39 is 0 Å². The van der Waals surface area contributed by atoms with Crippen molar-refractivity contribution in [1.82, 2.24) is 24.7 Å².